The zero-order valence-electron chi connectivity index (χ0n) is 11.7. The molecule has 3 rings (SSSR count). The molecule has 0 aliphatic heterocycles. The van der Waals surface area contributed by atoms with Crippen molar-refractivity contribution in [1.29, 1.82) is 0 Å². The van der Waals surface area contributed by atoms with E-state index < -0.39 is 0 Å². The van der Waals surface area contributed by atoms with Crippen molar-refractivity contribution in [3.63, 3.8) is 0 Å². The average molecular weight is 293 g/mol. The number of rotatable bonds is 4. The summed E-state index contributed by atoms with van der Waals surface area (Å²) in [7, 11) is 0. The van der Waals surface area contributed by atoms with Crippen molar-refractivity contribution in [3.05, 3.63) is 12.0 Å². The fraction of sp³-hybridized carbons (Fsp3) is 0.692. The molecular weight excluding hydrogens is 274 g/mol. The second kappa shape index (κ2) is 6.39. The first kappa shape index (κ1) is 13.6. The molecule has 0 amide bonds. The second-order valence-corrected chi connectivity index (χ2v) is 6.04. The van der Waals surface area contributed by atoms with E-state index in [1.165, 1.54) is 38.5 Å². The van der Waals surface area contributed by atoms with E-state index in [0.29, 0.717) is 23.5 Å². The van der Waals surface area contributed by atoms with Crippen molar-refractivity contribution < 1.29 is 4.52 Å². The minimum atomic E-state index is 0.465. The van der Waals surface area contributed by atoms with Gasteiger partial charge < -0.3 is 4.52 Å². The van der Waals surface area contributed by atoms with Crippen LogP contribution in [0.25, 0.3) is 11.6 Å². The van der Waals surface area contributed by atoms with Crippen molar-refractivity contribution in [2.24, 2.45) is 0 Å². The molecular formula is C13H19N5OS. The van der Waals surface area contributed by atoms with Crippen molar-refractivity contribution in [1.82, 2.24) is 25.1 Å². The largest absolute Gasteiger partial charge is 0.332 e. The molecule has 20 heavy (non-hydrogen) atoms. The van der Waals surface area contributed by atoms with Gasteiger partial charge in [-0.25, -0.2) is 4.68 Å². The molecule has 0 unspecified atom stereocenters. The molecule has 0 atom stereocenters. The maximum Gasteiger partial charge on any atom is 0.280 e. The summed E-state index contributed by atoms with van der Waals surface area (Å²) in [6.45, 7) is 0. The molecule has 0 N–H and O–H groups in total. The summed E-state index contributed by atoms with van der Waals surface area (Å²) in [6, 6.07) is 0.465. The number of nitrogens with zero attached hydrogens (tertiary/aromatic N) is 5. The smallest absolute Gasteiger partial charge is 0.280 e. The molecule has 0 spiro atoms. The van der Waals surface area contributed by atoms with Crippen molar-refractivity contribution in [3.8, 4) is 11.6 Å². The minimum absolute atomic E-state index is 0.465. The molecule has 0 saturated heterocycles. The molecule has 7 heteroatoms. The van der Waals surface area contributed by atoms with Gasteiger partial charge in [0.1, 0.15) is 0 Å². The Bertz CT molecular complexity index is 544. The number of hydrogen-bond acceptors (Lipinski definition) is 6. The lowest BCUT2D eigenvalue weighted by molar-refractivity contribution is 0.396. The van der Waals surface area contributed by atoms with Crippen LogP contribution in [0, 0.1) is 0 Å². The lowest BCUT2D eigenvalue weighted by Crippen LogP contribution is -2.08. The van der Waals surface area contributed by atoms with Gasteiger partial charge in [0.25, 0.3) is 5.89 Å². The van der Waals surface area contributed by atoms with E-state index in [1.54, 1.807) is 11.8 Å². The van der Waals surface area contributed by atoms with E-state index in [4.69, 9.17) is 4.52 Å². The summed E-state index contributed by atoms with van der Waals surface area (Å²) in [5.41, 5.74) is 0.675. The zero-order chi connectivity index (χ0) is 13.8. The first-order valence-electron chi connectivity index (χ1n) is 7.10. The highest BCUT2D eigenvalue weighted by Crippen LogP contribution is 2.27. The molecule has 1 saturated carbocycles. The third-order valence-electron chi connectivity index (χ3n) is 3.67. The predicted molar refractivity (Wildman–Crippen MR) is 77.3 cm³/mol. The van der Waals surface area contributed by atoms with Crippen LogP contribution in [0.5, 0.6) is 0 Å². The van der Waals surface area contributed by atoms with Gasteiger partial charge >= 0.3 is 0 Å². The second-order valence-electron chi connectivity index (χ2n) is 5.18. The van der Waals surface area contributed by atoms with Crippen LogP contribution in [0.15, 0.2) is 10.7 Å². The predicted octanol–water partition coefficient (Wildman–Crippen LogP) is 3.09. The molecule has 1 aliphatic rings. The summed E-state index contributed by atoms with van der Waals surface area (Å²) < 4.78 is 7.21. The molecule has 2 aromatic heterocycles. The highest BCUT2D eigenvalue weighted by atomic mass is 32.2. The topological polar surface area (TPSA) is 69.6 Å². The highest BCUT2D eigenvalue weighted by molar-refractivity contribution is 7.97. The Hall–Kier alpha value is -1.37. The highest BCUT2D eigenvalue weighted by Gasteiger charge is 2.18. The minimum Gasteiger partial charge on any atom is -0.332 e. The van der Waals surface area contributed by atoms with Gasteiger partial charge in [-0.05, 0) is 19.1 Å². The fourth-order valence-corrected chi connectivity index (χ4v) is 3.00. The first-order chi connectivity index (χ1) is 9.86. The Morgan fingerprint density at radius 2 is 2.10 bits per heavy atom. The normalized spacial score (nSPS) is 17.2. The Labute approximate surface area is 122 Å². The van der Waals surface area contributed by atoms with Crippen molar-refractivity contribution in [2.75, 3.05) is 6.26 Å². The van der Waals surface area contributed by atoms with Gasteiger partial charge in [-0.3, -0.25) is 0 Å². The van der Waals surface area contributed by atoms with E-state index in [1.807, 2.05) is 17.1 Å². The first-order valence-corrected chi connectivity index (χ1v) is 8.50. The van der Waals surface area contributed by atoms with Gasteiger partial charge in [-0.2, -0.15) is 16.7 Å². The average Bonchev–Trinajstić information content (AvgIpc) is 3.03. The van der Waals surface area contributed by atoms with Crippen LogP contribution in [0.3, 0.4) is 0 Å². The summed E-state index contributed by atoms with van der Waals surface area (Å²) >= 11 is 1.67. The Morgan fingerprint density at radius 3 is 2.85 bits per heavy atom. The SMILES string of the molecule is CSCc1noc(-c2cn(C3CCCCCC3)nn2)n1. The van der Waals surface area contributed by atoms with E-state index >= 15 is 0 Å². The molecule has 1 aliphatic carbocycles. The molecule has 0 bridgehead atoms. The standard InChI is InChI=1S/C13H19N5OS/c1-20-9-12-14-13(19-16-12)11-8-18(17-15-11)10-6-4-2-3-5-7-10/h8,10H,2-7,9H2,1H3. The van der Waals surface area contributed by atoms with Gasteiger partial charge in [0, 0.05) is 0 Å². The lowest BCUT2D eigenvalue weighted by Gasteiger charge is -2.12. The molecule has 2 aromatic rings. The molecule has 0 aromatic carbocycles. The number of thioether (sulfide) groups is 1. The summed E-state index contributed by atoms with van der Waals surface area (Å²) in [4.78, 5) is 4.33. The molecule has 2 heterocycles. The Balaban J connectivity index is 1.74. The molecule has 0 radical (unpaired) electrons. The van der Waals surface area contributed by atoms with Gasteiger partial charge in [0.2, 0.25) is 0 Å². The van der Waals surface area contributed by atoms with Crippen LogP contribution in [-0.4, -0.2) is 31.4 Å². The summed E-state index contributed by atoms with van der Waals surface area (Å²) in [5.74, 6) is 1.92. The van der Waals surface area contributed by atoms with Crippen molar-refractivity contribution in [2.45, 2.75) is 50.3 Å². The van der Waals surface area contributed by atoms with Gasteiger partial charge in [-0.15, -0.1) is 5.10 Å². The summed E-state index contributed by atoms with van der Waals surface area (Å²) in [6.07, 6.45) is 11.5. The van der Waals surface area contributed by atoms with E-state index in [9.17, 15) is 0 Å². The van der Waals surface area contributed by atoms with Gasteiger partial charge in [-0.1, -0.05) is 36.1 Å². The van der Waals surface area contributed by atoms with Crippen molar-refractivity contribution >= 4 is 11.8 Å². The zero-order valence-corrected chi connectivity index (χ0v) is 12.5. The van der Waals surface area contributed by atoms with Crippen LogP contribution in [-0.2, 0) is 5.75 Å². The van der Waals surface area contributed by atoms with Crippen LogP contribution < -0.4 is 0 Å². The van der Waals surface area contributed by atoms with Crippen LogP contribution >= 0.6 is 11.8 Å². The molecule has 108 valence electrons. The van der Waals surface area contributed by atoms with E-state index in [-0.39, 0.29) is 0 Å². The van der Waals surface area contributed by atoms with Crippen LogP contribution in [0.1, 0.15) is 50.4 Å². The van der Waals surface area contributed by atoms with Crippen LogP contribution in [0.4, 0.5) is 0 Å². The monoisotopic (exact) mass is 293 g/mol. The molecule has 6 nitrogen and oxygen atoms in total. The Morgan fingerprint density at radius 1 is 1.30 bits per heavy atom. The Kier molecular flexibility index (Phi) is 4.34. The maximum absolute atomic E-state index is 5.24. The summed E-state index contributed by atoms with van der Waals surface area (Å²) in [5, 5.41) is 12.4. The van der Waals surface area contributed by atoms with E-state index in [0.717, 1.165) is 5.75 Å². The third kappa shape index (κ3) is 3.03. The number of aromatic nitrogens is 5. The van der Waals surface area contributed by atoms with Gasteiger partial charge in [0.15, 0.2) is 11.5 Å². The van der Waals surface area contributed by atoms with Gasteiger partial charge in [0.05, 0.1) is 18.0 Å². The molecule has 1 fully saturated rings. The van der Waals surface area contributed by atoms with Crippen LogP contribution in [0.2, 0.25) is 0 Å². The maximum atomic E-state index is 5.24. The quantitative estimate of drug-likeness (QED) is 0.807. The van der Waals surface area contributed by atoms with E-state index in [2.05, 4.69) is 20.5 Å². The number of hydrogen-bond donors (Lipinski definition) is 0. The lowest BCUT2D eigenvalue weighted by atomic mass is 10.1. The third-order valence-corrected chi connectivity index (χ3v) is 4.22. The fourth-order valence-electron chi connectivity index (χ4n) is 2.62.